The second-order valence-electron chi connectivity index (χ2n) is 6.18. The minimum absolute atomic E-state index is 0.0296. The standard InChI is InChI=1S/C19H21ClN2O2/c1-22(2)18-9-7-15(20)11-17(18)21-19(23)12-24-16-8-6-13-4-3-5-14(13)10-16/h6-11H,3-5,12H2,1-2H3,(H,21,23). The van der Waals surface area contributed by atoms with E-state index in [-0.39, 0.29) is 12.5 Å². The smallest absolute Gasteiger partial charge is 0.262 e. The van der Waals surface area contributed by atoms with Crippen LogP contribution in [0.5, 0.6) is 5.75 Å². The summed E-state index contributed by atoms with van der Waals surface area (Å²) >= 11 is 6.03. The second kappa shape index (κ2) is 7.14. The predicted molar refractivity (Wildman–Crippen MR) is 98.4 cm³/mol. The number of anilines is 2. The first-order chi connectivity index (χ1) is 11.5. The zero-order valence-corrected chi connectivity index (χ0v) is 14.7. The number of aryl methyl sites for hydroxylation is 2. The van der Waals surface area contributed by atoms with Gasteiger partial charge in [-0.15, -0.1) is 0 Å². The van der Waals surface area contributed by atoms with E-state index in [0.717, 1.165) is 24.3 Å². The summed E-state index contributed by atoms with van der Waals surface area (Å²) in [4.78, 5) is 14.1. The molecule has 24 heavy (non-hydrogen) atoms. The van der Waals surface area contributed by atoms with Gasteiger partial charge < -0.3 is 15.0 Å². The Bertz CT molecular complexity index is 759. The third-order valence-electron chi connectivity index (χ3n) is 4.15. The van der Waals surface area contributed by atoms with Gasteiger partial charge in [-0.2, -0.15) is 0 Å². The number of ether oxygens (including phenoxy) is 1. The molecule has 1 aliphatic rings. The number of rotatable bonds is 5. The lowest BCUT2D eigenvalue weighted by Gasteiger charge is -2.18. The van der Waals surface area contributed by atoms with Crippen molar-refractivity contribution in [2.24, 2.45) is 0 Å². The molecule has 0 heterocycles. The Morgan fingerprint density at radius 3 is 2.75 bits per heavy atom. The Morgan fingerprint density at radius 1 is 1.17 bits per heavy atom. The number of hydrogen-bond acceptors (Lipinski definition) is 3. The summed E-state index contributed by atoms with van der Waals surface area (Å²) in [5.74, 6) is 0.533. The average Bonchev–Trinajstić information content (AvgIpc) is 3.00. The van der Waals surface area contributed by atoms with Gasteiger partial charge in [0.15, 0.2) is 6.61 Å². The van der Waals surface area contributed by atoms with Gasteiger partial charge in [0.05, 0.1) is 11.4 Å². The van der Waals surface area contributed by atoms with Crippen LogP contribution in [0.2, 0.25) is 5.02 Å². The molecule has 0 atom stereocenters. The average molecular weight is 345 g/mol. The first-order valence-corrected chi connectivity index (χ1v) is 8.42. The fourth-order valence-corrected chi connectivity index (χ4v) is 3.14. The highest BCUT2D eigenvalue weighted by Crippen LogP contribution is 2.28. The molecule has 0 spiro atoms. The number of fused-ring (bicyclic) bond motifs is 1. The monoisotopic (exact) mass is 344 g/mol. The maximum atomic E-state index is 12.2. The molecular formula is C19H21ClN2O2. The molecule has 0 unspecified atom stereocenters. The fourth-order valence-electron chi connectivity index (χ4n) is 2.97. The van der Waals surface area contributed by atoms with Gasteiger partial charge >= 0.3 is 0 Å². The third kappa shape index (κ3) is 3.82. The van der Waals surface area contributed by atoms with Crippen LogP contribution in [0, 0.1) is 0 Å². The van der Waals surface area contributed by atoms with Crippen LogP contribution in [0.1, 0.15) is 17.5 Å². The van der Waals surface area contributed by atoms with Crippen molar-refractivity contribution < 1.29 is 9.53 Å². The van der Waals surface area contributed by atoms with Crippen LogP contribution in [0.4, 0.5) is 11.4 Å². The van der Waals surface area contributed by atoms with Crippen LogP contribution in [0.3, 0.4) is 0 Å². The maximum Gasteiger partial charge on any atom is 0.262 e. The third-order valence-corrected chi connectivity index (χ3v) is 4.39. The Morgan fingerprint density at radius 2 is 1.96 bits per heavy atom. The van der Waals surface area contributed by atoms with Crippen molar-refractivity contribution in [2.45, 2.75) is 19.3 Å². The molecule has 0 bridgehead atoms. The molecule has 126 valence electrons. The van der Waals surface area contributed by atoms with Crippen molar-refractivity contribution in [3.63, 3.8) is 0 Å². The number of nitrogens with one attached hydrogen (secondary N) is 1. The molecule has 1 amide bonds. The summed E-state index contributed by atoms with van der Waals surface area (Å²) in [6.45, 7) is -0.0296. The van der Waals surface area contributed by atoms with Gasteiger partial charge in [-0.25, -0.2) is 0 Å². The number of benzene rings is 2. The summed E-state index contributed by atoms with van der Waals surface area (Å²) in [5, 5.41) is 3.44. The van der Waals surface area contributed by atoms with E-state index < -0.39 is 0 Å². The van der Waals surface area contributed by atoms with Crippen LogP contribution in [0.15, 0.2) is 36.4 Å². The predicted octanol–water partition coefficient (Wildman–Crippen LogP) is 3.91. The Hall–Kier alpha value is -2.20. The van der Waals surface area contributed by atoms with Crippen LogP contribution < -0.4 is 15.0 Å². The highest BCUT2D eigenvalue weighted by Gasteiger charge is 2.13. The van der Waals surface area contributed by atoms with Gasteiger partial charge in [0, 0.05) is 19.1 Å². The van der Waals surface area contributed by atoms with Crippen molar-refractivity contribution in [3.05, 3.63) is 52.5 Å². The molecule has 2 aromatic carbocycles. The molecule has 5 heteroatoms. The van der Waals surface area contributed by atoms with Crippen LogP contribution in [-0.2, 0) is 17.6 Å². The van der Waals surface area contributed by atoms with Crippen LogP contribution >= 0.6 is 11.6 Å². The Labute approximate surface area is 147 Å². The van der Waals surface area contributed by atoms with E-state index in [1.807, 2.05) is 37.2 Å². The van der Waals surface area contributed by atoms with Crippen molar-refractivity contribution in [3.8, 4) is 5.75 Å². The highest BCUT2D eigenvalue weighted by molar-refractivity contribution is 6.31. The van der Waals surface area contributed by atoms with Crippen molar-refractivity contribution in [2.75, 3.05) is 30.9 Å². The van der Waals surface area contributed by atoms with E-state index in [0.29, 0.717) is 10.7 Å². The van der Waals surface area contributed by atoms with Gasteiger partial charge in [-0.05, 0) is 60.7 Å². The van der Waals surface area contributed by atoms with E-state index >= 15 is 0 Å². The van der Waals surface area contributed by atoms with Crippen molar-refractivity contribution in [1.82, 2.24) is 0 Å². The number of amides is 1. The van der Waals surface area contributed by atoms with Crippen molar-refractivity contribution >= 4 is 28.9 Å². The van der Waals surface area contributed by atoms with E-state index in [1.165, 1.54) is 17.5 Å². The second-order valence-corrected chi connectivity index (χ2v) is 6.61. The Balaban J connectivity index is 1.63. The van der Waals surface area contributed by atoms with Gasteiger partial charge in [-0.3, -0.25) is 4.79 Å². The summed E-state index contributed by atoms with van der Waals surface area (Å²) in [7, 11) is 3.83. The lowest BCUT2D eigenvalue weighted by Crippen LogP contribution is -2.22. The number of hydrogen-bond donors (Lipinski definition) is 1. The molecule has 0 radical (unpaired) electrons. The SMILES string of the molecule is CN(C)c1ccc(Cl)cc1NC(=O)COc1ccc2c(c1)CCC2. The van der Waals surface area contributed by atoms with E-state index in [4.69, 9.17) is 16.3 Å². The number of carbonyl (C=O) groups excluding carboxylic acids is 1. The van der Waals surface area contributed by atoms with E-state index in [1.54, 1.807) is 12.1 Å². The molecule has 0 aromatic heterocycles. The maximum absolute atomic E-state index is 12.2. The quantitative estimate of drug-likeness (QED) is 0.894. The first-order valence-electron chi connectivity index (χ1n) is 8.04. The summed E-state index contributed by atoms with van der Waals surface area (Å²) in [6.07, 6.45) is 3.42. The summed E-state index contributed by atoms with van der Waals surface area (Å²) in [5.41, 5.74) is 4.29. The molecule has 1 aliphatic carbocycles. The molecule has 2 aromatic rings. The number of nitrogens with zero attached hydrogens (tertiary/aromatic N) is 1. The number of halogens is 1. The zero-order chi connectivity index (χ0) is 17.1. The molecule has 1 N–H and O–H groups in total. The molecule has 0 saturated heterocycles. The minimum atomic E-state index is -0.208. The molecule has 3 rings (SSSR count). The van der Waals surface area contributed by atoms with Crippen molar-refractivity contribution in [1.29, 1.82) is 0 Å². The van der Waals surface area contributed by atoms with Gasteiger partial charge in [0.25, 0.3) is 5.91 Å². The lowest BCUT2D eigenvalue weighted by molar-refractivity contribution is -0.118. The van der Waals surface area contributed by atoms with Gasteiger partial charge in [0.2, 0.25) is 0 Å². The minimum Gasteiger partial charge on any atom is -0.484 e. The largest absolute Gasteiger partial charge is 0.484 e. The fraction of sp³-hybridized carbons (Fsp3) is 0.316. The normalized spacial score (nSPS) is 12.6. The van der Waals surface area contributed by atoms with E-state index in [2.05, 4.69) is 11.4 Å². The highest BCUT2D eigenvalue weighted by atomic mass is 35.5. The molecule has 4 nitrogen and oxygen atoms in total. The van der Waals surface area contributed by atoms with Gasteiger partial charge in [-0.1, -0.05) is 17.7 Å². The zero-order valence-electron chi connectivity index (χ0n) is 13.9. The molecular weight excluding hydrogens is 324 g/mol. The molecule has 0 saturated carbocycles. The van der Waals surface area contributed by atoms with Crippen LogP contribution in [0.25, 0.3) is 0 Å². The van der Waals surface area contributed by atoms with Gasteiger partial charge in [0.1, 0.15) is 5.75 Å². The molecule has 0 fully saturated rings. The summed E-state index contributed by atoms with van der Waals surface area (Å²) in [6, 6.07) is 11.5. The topological polar surface area (TPSA) is 41.6 Å². The first kappa shape index (κ1) is 16.7. The molecule has 0 aliphatic heterocycles. The summed E-state index contributed by atoms with van der Waals surface area (Å²) < 4.78 is 5.64. The Kier molecular flexibility index (Phi) is 4.95. The lowest BCUT2D eigenvalue weighted by atomic mass is 10.1. The van der Waals surface area contributed by atoms with Crippen LogP contribution in [-0.4, -0.2) is 26.6 Å². The van der Waals surface area contributed by atoms with E-state index in [9.17, 15) is 4.79 Å². The number of carbonyl (C=O) groups is 1.